The van der Waals surface area contributed by atoms with E-state index in [1.54, 1.807) is 18.2 Å². The number of carboxylic acid groups (broad SMARTS) is 1. The Morgan fingerprint density at radius 1 is 1.42 bits per heavy atom. The first-order valence-corrected chi connectivity index (χ1v) is 3.25. The van der Waals surface area contributed by atoms with Crippen molar-refractivity contribution in [3.05, 3.63) is 35.6 Å². The van der Waals surface area contributed by atoms with Gasteiger partial charge in [-0.15, -0.1) is 0 Å². The van der Waals surface area contributed by atoms with E-state index in [4.69, 9.17) is 5.73 Å². The maximum Gasteiger partial charge on any atom is 1.00 e. The normalized spacial score (nSPS) is 15.3. The fraction of sp³-hybridized carbons (Fsp3) is 0.125. The number of carbonyl (C=O) groups is 1. The third kappa shape index (κ3) is 3.69. The van der Waals surface area contributed by atoms with Crippen molar-refractivity contribution in [3.63, 3.8) is 0 Å². The zero-order valence-corrected chi connectivity index (χ0v) is 10.0. The molecule has 0 aromatic heterocycles. The van der Waals surface area contributed by atoms with Crippen LogP contribution in [-0.4, -0.2) is 5.97 Å². The van der Waals surface area contributed by atoms with Crippen LogP contribution in [0, 0.1) is 0 Å². The van der Waals surface area contributed by atoms with Crippen molar-refractivity contribution in [3.8, 4) is 0 Å². The second-order valence-corrected chi connectivity index (χ2v) is 2.22. The molecule has 3 nitrogen and oxygen atoms in total. The Hall–Kier alpha value is 0.126. The number of nitrogens with two attached hydrogens (primary N) is 1. The van der Waals surface area contributed by atoms with Gasteiger partial charge in [0.2, 0.25) is 0 Å². The number of hydrogen-bond donors (Lipinski definition) is 1. The van der Waals surface area contributed by atoms with E-state index < -0.39 is 5.97 Å². The Morgan fingerprint density at radius 3 is 2.67 bits per heavy atom. The van der Waals surface area contributed by atoms with Gasteiger partial charge in [-0.1, -0.05) is 18.2 Å². The predicted molar refractivity (Wildman–Crippen MR) is 39.1 cm³/mol. The number of carbonyl (C=O) groups excluding carboxylic acids is 1. The third-order valence-corrected chi connectivity index (χ3v) is 1.38. The minimum absolute atomic E-state index is 0. The summed E-state index contributed by atoms with van der Waals surface area (Å²) < 4.78 is 0. The Labute approximate surface area is 113 Å². The standard InChI is InChI=1S/C8H9NO2.K/c9-7-3-1-2-6(4-5-7)8(10)11;/h2-5H,1,9H2,(H,10,11);/q;+1/p-1. The van der Waals surface area contributed by atoms with Crippen LogP contribution in [0.25, 0.3) is 0 Å². The fourth-order valence-corrected chi connectivity index (χ4v) is 0.795. The van der Waals surface area contributed by atoms with Gasteiger partial charge in [0, 0.05) is 5.70 Å². The monoisotopic (exact) mass is 189 g/mol. The molecular formula is C8H8KNO2. The summed E-state index contributed by atoms with van der Waals surface area (Å²) >= 11 is 0. The molecular weight excluding hydrogens is 181 g/mol. The SMILES string of the molecule is NC1=CCC=C(C(=O)[O-])C=C1.[K+]. The largest absolute Gasteiger partial charge is 1.00 e. The molecule has 0 bridgehead atoms. The smallest absolute Gasteiger partial charge is 0.545 e. The molecule has 0 atom stereocenters. The molecule has 0 saturated heterocycles. The summed E-state index contributed by atoms with van der Waals surface area (Å²) in [5, 5.41) is 10.3. The first-order valence-electron chi connectivity index (χ1n) is 3.25. The van der Waals surface area contributed by atoms with Crippen LogP contribution in [0.15, 0.2) is 35.6 Å². The number of allylic oxidation sites excluding steroid dienone is 3. The minimum atomic E-state index is -1.16. The zero-order chi connectivity index (χ0) is 8.27. The Kier molecular flexibility index (Phi) is 5.78. The number of carboxylic acids is 1. The molecule has 0 unspecified atom stereocenters. The third-order valence-electron chi connectivity index (χ3n) is 1.38. The van der Waals surface area contributed by atoms with E-state index in [2.05, 4.69) is 0 Å². The Bertz CT molecular complexity index is 266. The molecule has 1 aliphatic carbocycles. The number of rotatable bonds is 1. The molecule has 12 heavy (non-hydrogen) atoms. The van der Waals surface area contributed by atoms with Crippen molar-refractivity contribution in [2.24, 2.45) is 5.73 Å². The van der Waals surface area contributed by atoms with Crippen LogP contribution in [-0.2, 0) is 4.79 Å². The Balaban J connectivity index is 0.00000121. The molecule has 0 aliphatic heterocycles. The molecule has 2 N–H and O–H groups in total. The van der Waals surface area contributed by atoms with Crippen LogP contribution < -0.4 is 62.2 Å². The molecule has 0 saturated carbocycles. The molecule has 0 heterocycles. The molecule has 1 aliphatic rings. The molecule has 0 spiro atoms. The van der Waals surface area contributed by atoms with E-state index in [1.165, 1.54) is 6.08 Å². The van der Waals surface area contributed by atoms with Crippen LogP contribution in [0.1, 0.15) is 6.42 Å². The molecule has 0 aromatic rings. The van der Waals surface area contributed by atoms with Crippen molar-refractivity contribution >= 4 is 5.97 Å². The number of aliphatic carboxylic acids is 1. The second-order valence-electron chi connectivity index (χ2n) is 2.22. The van der Waals surface area contributed by atoms with Gasteiger partial charge >= 0.3 is 51.4 Å². The van der Waals surface area contributed by atoms with E-state index in [0.717, 1.165) is 0 Å². The molecule has 1 rings (SSSR count). The van der Waals surface area contributed by atoms with Gasteiger partial charge in [0.1, 0.15) is 0 Å². The summed E-state index contributed by atoms with van der Waals surface area (Å²) in [7, 11) is 0. The maximum atomic E-state index is 10.3. The summed E-state index contributed by atoms with van der Waals surface area (Å²) in [6, 6.07) is 0. The topological polar surface area (TPSA) is 66.2 Å². The average molecular weight is 189 g/mol. The van der Waals surface area contributed by atoms with E-state index in [9.17, 15) is 9.90 Å². The number of hydrogen-bond acceptors (Lipinski definition) is 3. The molecule has 0 aromatic carbocycles. The molecule has 0 radical (unpaired) electrons. The van der Waals surface area contributed by atoms with Gasteiger partial charge in [-0.05, 0) is 18.1 Å². The van der Waals surface area contributed by atoms with Crippen LogP contribution in [0.4, 0.5) is 0 Å². The quantitative estimate of drug-likeness (QED) is 0.435. The van der Waals surface area contributed by atoms with Gasteiger partial charge in [0.15, 0.2) is 0 Å². The molecule has 4 heteroatoms. The van der Waals surface area contributed by atoms with Gasteiger partial charge in [-0.2, -0.15) is 0 Å². The van der Waals surface area contributed by atoms with E-state index in [1.807, 2.05) is 0 Å². The van der Waals surface area contributed by atoms with Gasteiger partial charge in [-0.3, -0.25) is 0 Å². The van der Waals surface area contributed by atoms with E-state index in [-0.39, 0.29) is 57.0 Å². The first-order chi connectivity index (χ1) is 5.20. The maximum absolute atomic E-state index is 10.3. The van der Waals surface area contributed by atoms with Crippen molar-refractivity contribution in [2.45, 2.75) is 6.42 Å². The van der Waals surface area contributed by atoms with Crippen LogP contribution in [0.3, 0.4) is 0 Å². The van der Waals surface area contributed by atoms with Crippen LogP contribution in [0.2, 0.25) is 0 Å². The predicted octanol–water partition coefficient (Wildman–Crippen LogP) is -3.53. The molecule has 0 amide bonds. The van der Waals surface area contributed by atoms with Gasteiger partial charge in [-0.25, -0.2) is 0 Å². The summed E-state index contributed by atoms with van der Waals surface area (Å²) in [5.41, 5.74) is 6.19. The zero-order valence-electron chi connectivity index (χ0n) is 6.91. The molecule has 58 valence electrons. The first kappa shape index (κ1) is 12.1. The van der Waals surface area contributed by atoms with Crippen molar-refractivity contribution in [1.29, 1.82) is 0 Å². The van der Waals surface area contributed by atoms with E-state index >= 15 is 0 Å². The average Bonchev–Trinajstić information content (AvgIpc) is 2.13. The summed E-state index contributed by atoms with van der Waals surface area (Å²) in [6.07, 6.45) is 6.84. The summed E-state index contributed by atoms with van der Waals surface area (Å²) in [5.74, 6) is -1.16. The van der Waals surface area contributed by atoms with Crippen LogP contribution >= 0.6 is 0 Å². The van der Waals surface area contributed by atoms with Gasteiger partial charge < -0.3 is 15.6 Å². The summed E-state index contributed by atoms with van der Waals surface area (Å²) in [6.45, 7) is 0. The van der Waals surface area contributed by atoms with E-state index in [0.29, 0.717) is 12.1 Å². The molecule has 0 fully saturated rings. The van der Waals surface area contributed by atoms with Gasteiger partial charge in [0.05, 0.1) is 5.97 Å². The minimum Gasteiger partial charge on any atom is -0.545 e. The van der Waals surface area contributed by atoms with Crippen molar-refractivity contribution < 1.29 is 61.3 Å². The second kappa shape index (κ2) is 5.72. The summed E-state index contributed by atoms with van der Waals surface area (Å²) in [4.78, 5) is 10.3. The van der Waals surface area contributed by atoms with Crippen molar-refractivity contribution in [1.82, 2.24) is 0 Å². The van der Waals surface area contributed by atoms with Crippen molar-refractivity contribution in [2.75, 3.05) is 0 Å². The van der Waals surface area contributed by atoms with Gasteiger partial charge in [0.25, 0.3) is 0 Å². The fourth-order valence-electron chi connectivity index (χ4n) is 0.795. The Morgan fingerprint density at radius 2 is 2.08 bits per heavy atom. The van der Waals surface area contributed by atoms with Crippen LogP contribution in [0.5, 0.6) is 0 Å².